The number of pyridine rings is 1. The second kappa shape index (κ2) is 5.42. The first-order valence-corrected chi connectivity index (χ1v) is 6.09. The van der Waals surface area contributed by atoms with Crippen LogP contribution in [0.4, 0.5) is 5.69 Å². The summed E-state index contributed by atoms with van der Waals surface area (Å²) >= 11 is 3.15. The predicted octanol–water partition coefficient (Wildman–Crippen LogP) is 1.74. The summed E-state index contributed by atoms with van der Waals surface area (Å²) in [5.41, 5.74) is -0.106. The number of ether oxygens (including phenoxy) is 1. The Bertz CT molecular complexity index is 421. The molecule has 1 N–H and O–H groups in total. The molecule has 6 nitrogen and oxygen atoms in total. The van der Waals surface area contributed by atoms with Crippen LogP contribution in [0.1, 0.15) is 6.42 Å². The van der Waals surface area contributed by atoms with E-state index in [1.807, 2.05) is 0 Å². The van der Waals surface area contributed by atoms with Crippen molar-refractivity contribution in [3.8, 4) is 5.88 Å². The molecule has 2 heterocycles. The molecule has 0 saturated carbocycles. The molecule has 0 aromatic carbocycles. The number of halogens is 1. The lowest BCUT2D eigenvalue weighted by Gasteiger charge is -2.09. The number of aromatic nitrogens is 1. The van der Waals surface area contributed by atoms with Crippen LogP contribution in [-0.4, -0.2) is 29.6 Å². The van der Waals surface area contributed by atoms with Crippen LogP contribution < -0.4 is 10.1 Å². The quantitative estimate of drug-likeness (QED) is 0.677. The Balaban J connectivity index is 2.06. The Hall–Kier alpha value is -1.21. The molecule has 1 unspecified atom stereocenters. The number of nitro groups is 1. The van der Waals surface area contributed by atoms with Crippen LogP contribution in [0.15, 0.2) is 16.7 Å². The maximum Gasteiger partial charge on any atom is 0.332 e. The molecule has 7 heteroatoms. The van der Waals surface area contributed by atoms with Gasteiger partial charge in [-0.2, -0.15) is 0 Å². The van der Waals surface area contributed by atoms with Crippen molar-refractivity contribution in [2.45, 2.75) is 6.42 Å². The average Bonchev–Trinajstić information content (AvgIpc) is 2.80. The summed E-state index contributed by atoms with van der Waals surface area (Å²) in [5.74, 6) is 0.491. The van der Waals surface area contributed by atoms with E-state index in [0.717, 1.165) is 19.5 Å². The first-order chi connectivity index (χ1) is 8.16. The van der Waals surface area contributed by atoms with E-state index >= 15 is 0 Å². The lowest BCUT2D eigenvalue weighted by Crippen LogP contribution is -2.16. The van der Waals surface area contributed by atoms with Gasteiger partial charge in [0.25, 0.3) is 5.88 Å². The molecule has 1 aliphatic heterocycles. The summed E-state index contributed by atoms with van der Waals surface area (Å²) in [4.78, 5) is 14.3. The van der Waals surface area contributed by atoms with Crippen LogP contribution in [0.5, 0.6) is 5.88 Å². The van der Waals surface area contributed by atoms with Crippen molar-refractivity contribution < 1.29 is 9.66 Å². The molecule has 0 spiro atoms. The molecule has 2 rings (SSSR count). The molecule has 1 aliphatic rings. The molecule has 92 valence electrons. The van der Waals surface area contributed by atoms with E-state index < -0.39 is 4.92 Å². The van der Waals surface area contributed by atoms with E-state index in [9.17, 15) is 10.1 Å². The number of nitrogens with zero attached hydrogens (tertiary/aromatic N) is 2. The summed E-state index contributed by atoms with van der Waals surface area (Å²) in [6.45, 7) is 2.33. The standard InChI is InChI=1S/C10H12BrN3O3/c11-8-3-9(14(15)16)10(13-5-8)17-6-7-1-2-12-4-7/h3,5,7,12H,1-2,4,6H2. The Morgan fingerprint density at radius 1 is 1.71 bits per heavy atom. The van der Waals surface area contributed by atoms with Gasteiger partial charge < -0.3 is 10.1 Å². The molecule has 0 aliphatic carbocycles. The summed E-state index contributed by atoms with van der Waals surface area (Å²) in [6, 6.07) is 1.40. The van der Waals surface area contributed by atoms with E-state index in [1.54, 1.807) is 0 Å². The van der Waals surface area contributed by atoms with E-state index in [1.165, 1.54) is 12.3 Å². The van der Waals surface area contributed by atoms with Crippen molar-refractivity contribution in [1.29, 1.82) is 0 Å². The maximum absolute atomic E-state index is 10.8. The highest BCUT2D eigenvalue weighted by Gasteiger charge is 2.20. The highest BCUT2D eigenvalue weighted by Crippen LogP contribution is 2.27. The number of hydrogen-bond donors (Lipinski definition) is 1. The third-order valence-electron chi connectivity index (χ3n) is 2.61. The summed E-state index contributed by atoms with van der Waals surface area (Å²) < 4.78 is 5.99. The fourth-order valence-corrected chi connectivity index (χ4v) is 2.03. The minimum Gasteiger partial charge on any atom is -0.472 e. The summed E-state index contributed by atoms with van der Waals surface area (Å²) in [5, 5.41) is 14.0. The SMILES string of the molecule is O=[N+]([O-])c1cc(Br)cnc1OCC1CCNC1. The molecule has 1 atom stereocenters. The number of nitrogens with one attached hydrogen (secondary N) is 1. The highest BCUT2D eigenvalue weighted by molar-refractivity contribution is 9.10. The maximum atomic E-state index is 10.8. The molecule has 0 bridgehead atoms. The van der Waals surface area contributed by atoms with E-state index in [2.05, 4.69) is 26.2 Å². The van der Waals surface area contributed by atoms with E-state index in [4.69, 9.17) is 4.74 Å². The minimum atomic E-state index is -0.486. The number of rotatable bonds is 4. The van der Waals surface area contributed by atoms with Crippen LogP contribution in [0.3, 0.4) is 0 Å². The second-order valence-corrected chi connectivity index (χ2v) is 4.82. The zero-order chi connectivity index (χ0) is 12.3. The fraction of sp³-hybridized carbons (Fsp3) is 0.500. The van der Waals surface area contributed by atoms with Gasteiger partial charge in [0, 0.05) is 29.2 Å². The van der Waals surface area contributed by atoms with E-state index in [-0.39, 0.29) is 11.6 Å². The Kier molecular flexibility index (Phi) is 3.90. The molecule has 1 aromatic heterocycles. The van der Waals surface area contributed by atoms with Crippen LogP contribution in [0, 0.1) is 16.0 Å². The molecule has 0 radical (unpaired) electrons. The van der Waals surface area contributed by atoms with Crippen molar-refractivity contribution in [3.05, 3.63) is 26.9 Å². The smallest absolute Gasteiger partial charge is 0.332 e. The van der Waals surface area contributed by atoms with Gasteiger partial charge in [-0.15, -0.1) is 0 Å². The molecule has 1 fully saturated rings. The average molecular weight is 302 g/mol. The first kappa shape index (κ1) is 12.3. The van der Waals surface area contributed by atoms with Crippen molar-refractivity contribution in [3.63, 3.8) is 0 Å². The Labute approximate surface area is 107 Å². The Morgan fingerprint density at radius 2 is 2.53 bits per heavy atom. The molecular formula is C10H12BrN3O3. The zero-order valence-corrected chi connectivity index (χ0v) is 10.6. The zero-order valence-electron chi connectivity index (χ0n) is 9.06. The van der Waals surface area contributed by atoms with E-state index in [0.29, 0.717) is 17.0 Å². The third-order valence-corrected chi connectivity index (χ3v) is 3.05. The normalized spacial score (nSPS) is 19.2. The lowest BCUT2D eigenvalue weighted by atomic mass is 10.1. The molecule has 0 amide bonds. The highest BCUT2D eigenvalue weighted by atomic mass is 79.9. The molecular weight excluding hydrogens is 290 g/mol. The van der Waals surface area contributed by atoms with Crippen molar-refractivity contribution in [1.82, 2.24) is 10.3 Å². The fourth-order valence-electron chi connectivity index (χ4n) is 1.71. The largest absolute Gasteiger partial charge is 0.472 e. The van der Waals surface area contributed by atoms with Crippen molar-refractivity contribution >= 4 is 21.6 Å². The molecule has 1 aromatic rings. The lowest BCUT2D eigenvalue weighted by molar-refractivity contribution is -0.386. The van der Waals surface area contributed by atoms with Crippen LogP contribution >= 0.6 is 15.9 Å². The molecule has 17 heavy (non-hydrogen) atoms. The van der Waals surface area contributed by atoms with Crippen molar-refractivity contribution in [2.75, 3.05) is 19.7 Å². The van der Waals surface area contributed by atoms with Gasteiger partial charge in [-0.1, -0.05) is 0 Å². The van der Waals surface area contributed by atoms with Crippen LogP contribution in [0.2, 0.25) is 0 Å². The predicted molar refractivity (Wildman–Crippen MR) is 65.1 cm³/mol. The van der Waals surface area contributed by atoms with Gasteiger partial charge in [0.1, 0.15) is 0 Å². The van der Waals surface area contributed by atoms with Gasteiger partial charge in [-0.25, -0.2) is 4.98 Å². The van der Waals surface area contributed by atoms with Gasteiger partial charge in [-0.3, -0.25) is 10.1 Å². The van der Waals surface area contributed by atoms with Gasteiger partial charge in [0.05, 0.1) is 11.5 Å². The number of hydrogen-bond acceptors (Lipinski definition) is 5. The van der Waals surface area contributed by atoms with Crippen LogP contribution in [-0.2, 0) is 0 Å². The first-order valence-electron chi connectivity index (χ1n) is 5.30. The third kappa shape index (κ3) is 3.13. The van der Waals surface area contributed by atoms with Gasteiger partial charge in [-0.05, 0) is 28.9 Å². The van der Waals surface area contributed by atoms with Gasteiger partial charge >= 0.3 is 5.69 Å². The molecule has 1 saturated heterocycles. The van der Waals surface area contributed by atoms with Crippen molar-refractivity contribution in [2.24, 2.45) is 5.92 Å². The summed E-state index contributed by atoms with van der Waals surface area (Å²) in [6.07, 6.45) is 2.53. The topological polar surface area (TPSA) is 77.3 Å². The second-order valence-electron chi connectivity index (χ2n) is 3.90. The minimum absolute atomic E-state index is 0.0881. The van der Waals surface area contributed by atoms with Gasteiger partial charge in [0.2, 0.25) is 0 Å². The Morgan fingerprint density at radius 3 is 3.18 bits per heavy atom. The monoisotopic (exact) mass is 301 g/mol. The van der Waals surface area contributed by atoms with Gasteiger partial charge in [0.15, 0.2) is 0 Å². The van der Waals surface area contributed by atoms with Crippen LogP contribution in [0.25, 0.3) is 0 Å². The summed E-state index contributed by atoms with van der Waals surface area (Å²) in [7, 11) is 0.